The zero-order chi connectivity index (χ0) is 17.2. The van der Waals surface area contributed by atoms with Crippen molar-refractivity contribution in [3.63, 3.8) is 0 Å². The number of nitrogens with zero attached hydrogens (tertiary/aromatic N) is 2. The SMILES string of the molecule is O=C(C[C@@H]1OC[C@@H]2CN(Cc3cccc(F)c3)CC[C@@H]21)N1CCCO1. The minimum Gasteiger partial charge on any atom is -0.377 e. The molecule has 3 aliphatic heterocycles. The van der Waals surface area contributed by atoms with Gasteiger partial charge in [0, 0.05) is 19.0 Å². The van der Waals surface area contributed by atoms with E-state index in [0.717, 1.165) is 38.0 Å². The fourth-order valence-electron chi connectivity index (χ4n) is 4.33. The molecule has 1 aromatic carbocycles. The number of hydrogen-bond acceptors (Lipinski definition) is 4. The lowest BCUT2D eigenvalue weighted by Gasteiger charge is -2.35. The first-order valence-corrected chi connectivity index (χ1v) is 9.21. The van der Waals surface area contributed by atoms with Crippen molar-refractivity contribution < 1.29 is 18.8 Å². The van der Waals surface area contributed by atoms with Crippen LogP contribution in [-0.4, -0.2) is 54.8 Å². The molecule has 1 aromatic rings. The van der Waals surface area contributed by atoms with Crippen LogP contribution >= 0.6 is 0 Å². The van der Waals surface area contributed by atoms with Crippen molar-refractivity contribution in [1.29, 1.82) is 0 Å². The molecule has 25 heavy (non-hydrogen) atoms. The maximum Gasteiger partial charge on any atom is 0.248 e. The topological polar surface area (TPSA) is 42.0 Å². The smallest absolute Gasteiger partial charge is 0.248 e. The number of fused-ring (bicyclic) bond motifs is 1. The number of ether oxygens (including phenoxy) is 1. The van der Waals surface area contributed by atoms with E-state index in [4.69, 9.17) is 9.57 Å². The van der Waals surface area contributed by atoms with Crippen LogP contribution in [0.5, 0.6) is 0 Å². The van der Waals surface area contributed by atoms with Crippen LogP contribution in [0.2, 0.25) is 0 Å². The lowest BCUT2D eigenvalue weighted by atomic mass is 9.83. The summed E-state index contributed by atoms with van der Waals surface area (Å²) in [7, 11) is 0. The van der Waals surface area contributed by atoms with Gasteiger partial charge in [-0.1, -0.05) is 12.1 Å². The zero-order valence-electron chi connectivity index (χ0n) is 14.4. The Labute approximate surface area is 147 Å². The van der Waals surface area contributed by atoms with Crippen molar-refractivity contribution in [2.75, 3.05) is 32.8 Å². The number of hydroxylamine groups is 2. The summed E-state index contributed by atoms with van der Waals surface area (Å²) in [5.74, 6) is 0.763. The Morgan fingerprint density at radius 3 is 3.04 bits per heavy atom. The number of rotatable bonds is 4. The number of piperidine rings is 1. The molecule has 3 fully saturated rings. The molecule has 3 atom stereocenters. The Bertz CT molecular complexity index is 620. The van der Waals surface area contributed by atoms with Crippen LogP contribution in [0.15, 0.2) is 24.3 Å². The third-order valence-electron chi connectivity index (χ3n) is 5.58. The van der Waals surface area contributed by atoms with E-state index < -0.39 is 0 Å². The molecule has 0 radical (unpaired) electrons. The van der Waals surface area contributed by atoms with Crippen molar-refractivity contribution in [2.24, 2.45) is 11.8 Å². The fraction of sp³-hybridized carbons (Fsp3) is 0.632. The molecule has 0 bridgehead atoms. The van der Waals surface area contributed by atoms with Crippen molar-refractivity contribution in [2.45, 2.75) is 31.9 Å². The van der Waals surface area contributed by atoms with Crippen LogP contribution in [0.3, 0.4) is 0 Å². The molecule has 0 aromatic heterocycles. The van der Waals surface area contributed by atoms with E-state index in [1.165, 1.54) is 11.1 Å². The molecule has 3 saturated heterocycles. The summed E-state index contributed by atoms with van der Waals surface area (Å²) in [6.45, 7) is 4.73. The van der Waals surface area contributed by atoms with E-state index in [1.807, 2.05) is 6.07 Å². The lowest BCUT2D eigenvalue weighted by molar-refractivity contribution is -0.171. The maximum absolute atomic E-state index is 13.4. The predicted molar refractivity (Wildman–Crippen MR) is 89.9 cm³/mol. The van der Waals surface area contributed by atoms with Gasteiger partial charge in [0.05, 0.1) is 32.3 Å². The predicted octanol–water partition coefficient (Wildman–Crippen LogP) is 2.22. The summed E-state index contributed by atoms with van der Waals surface area (Å²) in [4.78, 5) is 20.0. The van der Waals surface area contributed by atoms with Gasteiger partial charge in [-0.2, -0.15) is 0 Å². The van der Waals surface area contributed by atoms with E-state index in [1.54, 1.807) is 12.1 Å². The monoisotopic (exact) mass is 348 g/mol. The summed E-state index contributed by atoms with van der Waals surface area (Å²) in [6.07, 6.45) is 2.38. The highest BCUT2D eigenvalue weighted by atomic mass is 19.1. The first-order valence-electron chi connectivity index (χ1n) is 9.21. The van der Waals surface area contributed by atoms with Gasteiger partial charge in [0.25, 0.3) is 0 Å². The average Bonchev–Trinajstić information content (AvgIpc) is 3.25. The number of amides is 1. The second-order valence-corrected chi connectivity index (χ2v) is 7.34. The molecular weight excluding hydrogens is 323 g/mol. The van der Waals surface area contributed by atoms with Crippen LogP contribution in [-0.2, 0) is 20.9 Å². The van der Waals surface area contributed by atoms with Gasteiger partial charge in [-0.05, 0) is 43.0 Å². The maximum atomic E-state index is 13.4. The van der Waals surface area contributed by atoms with Gasteiger partial charge < -0.3 is 4.74 Å². The molecule has 3 aliphatic rings. The van der Waals surface area contributed by atoms with Gasteiger partial charge in [0.1, 0.15) is 5.82 Å². The van der Waals surface area contributed by atoms with Gasteiger partial charge in [-0.25, -0.2) is 9.45 Å². The van der Waals surface area contributed by atoms with Gasteiger partial charge in [-0.15, -0.1) is 0 Å². The summed E-state index contributed by atoms with van der Waals surface area (Å²) in [6, 6.07) is 6.82. The lowest BCUT2D eigenvalue weighted by Crippen LogP contribution is -2.42. The Morgan fingerprint density at radius 2 is 2.24 bits per heavy atom. The minimum absolute atomic E-state index is 0.0121. The van der Waals surface area contributed by atoms with Crippen LogP contribution in [0, 0.1) is 17.7 Å². The second kappa shape index (κ2) is 7.40. The number of carbonyl (C=O) groups is 1. The molecular formula is C19H25FN2O3. The number of carbonyl (C=O) groups excluding carboxylic acids is 1. The highest BCUT2D eigenvalue weighted by Crippen LogP contribution is 2.36. The van der Waals surface area contributed by atoms with Gasteiger partial charge in [-0.3, -0.25) is 14.5 Å². The molecule has 4 rings (SSSR count). The summed E-state index contributed by atoms with van der Waals surface area (Å²) < 4.78 is 19.3. The van der Waals surface area contributed by atoms with Crippen LogP contribution < -0.4 is 0 Å². The third-order valence-corrected chi connectivity index (χ3v) is 5.58. The highest BCUT2D eigenvalue weighted by molar-refractivity contribution is 5.75. The number of halogens is 1. The Kier molecular flexibility index (Phi) is 5.01. The normalized spacial score (nSPS) is 29.8. The molecule has 6 heteroatoms. The number of hydrogen-bond donors (Lipinski definition) is 0. The third kappa shape index (κ3) is 3.86. The van der Waals surface area contributed by atoms with Crippen LogP contribution in [0.1, 0.15) is 24.8 Å². The Hall–Kier alpha value is -1.50. The van der Waals surface area contributed by atoms with Crippen molar-refractivity contribution in [1.82, 2.24) is 9.96 Å². The van der Waals surface area contributed by atoms with E-state index >= 15 is 0 Å². The largest absolute Gasteiger partial charge is 0.377 e. The number of likely N-dealkylation sites (tertiary alicyclic amines) is 1. The Balaban J connectivity index is 1.31. The molecule has 0 N–H and O–H groups in total. The summed E-state index contributed by atoms with van der Waals surface area (Å²) in [5, 5.41) is 1.50. The molecule has 0 spiro atoms. The van der Waals surface area contributed by atoms with Crippen LogP contribution in [0.25, 0.3) is 0 Å². The standard InChI is InChI=1S/C19H25FN2O3/c20-16-4-1-3-14(9-16)11-21-7-5-17-15(12-21)13-24-18(17)10-19(23)22-6-2-8-25-22/h1,3-4,9,15,17-18H,2,5-8,10-13H2/t15-,17-,18-/m0/s1. The number of benzene rings is 1. The van der Waals surface area contributed by atoms with Gasteiger partial charge >= 0.3 is 0 Å². The molecule has 3 heterocycles. The summed E-state index contributed by atoms with van der Waals surface area (Å²) in [5.41, 5.74) is 1.01. The second-order valence-electron chi connectivity index (χ2n) is 7.34. The minimum atomic E-state index is -0.181. The fourth-order valence-corrected chi connectivity index (χ4v) is 4.33. The zero-order valence-corrected chi connectivity index (χ0v) is 14.4. The molecule has 0 saturated carbocycles. The first-order chi connectivity index (χ1) is 12.2. The quantitative estimate of drug-likeness (QED) is 0.837. The van der Waals surface area contributed by atoms with Crippen molar-refractivity contribution in [3.05, 3.63) is 35.6 Å². The molecule has 0 aliphatic carbocycles. The summed E-state index contributed by atoms with van der Waals surface area (Å²) >= 11 is 0. The van der Waals surface area contributed by atoms with E-state index in [-0.39, 0.29) is 17.8 Å². The average molecular weight is 348 g/mol. The highest BCUT2D eigenvalue weighted by Gasteiger charge is 2.42. The van der Waals surface area contributed by atoms with Crippen molar-refractivity contribution in [3.8, 4) is 0 Å². The molecule has 1 amide bonds. The Morgan fingerprint density at radius 1 is 1.32 bits per heavy atom. The molecule has 0 unspecified atom stereocenters. The van der Waals surface area contributed by atoms with Gasteiger partial charge in [0.2, 0.25) is 5.91 Å². The van der Waals surface area contributed by atoms with Crippen LogP contribution in [0.4, 0.5) is 4.39 Å². The molecule has 5 nitrogen and oxygen atoms in total. The molecule has 136 valence electrons. The van der Waals surface area contributed by atoms with E-state index in [0.29, 0.717) is 38.0 Å². The van der Waals surface area contributed by atoms with E-state index in [2.05, 4.69) is 4.90 Å². The van der Waals surface area contributed by atoms with Gasteiger partial charge in [0.15, 0.2) is 0 Å². The first kappa shape index (κ1) is 16.9. The van der Waals surface area contributed by atoms with E-state index in [9.17, 15) is 9.18 Å². The van der Waals surface area contributed by atoms with Crippen molar-refractivity contribution >= 4 is 5.91 Å².